The van der Waals surface area contributed by atoms with Crippen molar-refractivity contribution in [2.24, 2.45) is 5.73 Å². The molecule has 0 spiro atoms. The summed E-state index contributed by atoms with van der Waals surface area (Å²) in [5, 5.41) is 0. The Morgan fingerprint density at radius 3 is 1.73 bits per heavy atom. The lowest BCUT2D eigenvalue weighted by Gasteiger charge is -2.21. The maximum Gasteiger partial charge on any atom is 0.0910 e. The van der Waals surface area contributed by atoms with Gasteiger partial charge in [0.1, 0.15) is 0 Å². The van der Waals surface area contributed by atoms with Crippen LogP contribution in [0.4, 0.5) is 0 Å². The molecule has 1 nitrogen and oxygen atoms in total. The molecular formula is C9H20ClN. The highest BCUT2D eigenvalue weighted by Gasteiger charge is 2.18. The number of halogens is 1. The van der Waals surface area contributed by atoms with Crippen molar-refractivity contribution in [3.8, 4) is 0 Å². The third-order valence-electron chi connectivity index (χ3n) is 1.89. The van der Waals surface area contributed by atoms with Crippen LogP contribution < -0.4 is 5.73 Å². The minimum atomic E-state index is -0.425. The van der Waals surface area contributed by atoms with Gasteiger partial charge in [-0.2, -0.15) is 0 Å². The van der Waals surface area contributed by atoms with Gasteiger partial charge < -0.3 is 5.73 Å². The molecule has 0 rings (SSSR count). The number of rotatable bonds is 6. The highest BCUT2D eigenvalue weighted by molar-refractivity contribution is 6.23. The summed E-state index contributed by atoms with van der Waals surface area (Å²) in [6, 6.07) is 0. The van der Waals surface area contributed by atoms with Gasteiger partial charge in [-0.15, -0.1) is 11.6 Å². The van der Waals surface area contributed by atoms with E-state index in [0.29, 0.717) is 0 Å². The molecule has 0 saturated carbocycles. The standard InChI is InChI=1S/C9H20ClN/c1-3-5-7-9(10,11)8-6-4-2/h3-8,11H2,1-2H3. The molecule has 0 unspecified atom stereocenters. The van der Waals surface area contributed by atoms with Gasteiger partial charge in [0, 0.05) is 0 Å². The quantitative estimate of drug-likeness (QED) is 0.489. The average molecular weight is 178 g/mol. The fourth-order valence-corrected chi connectivity index (χ4v) is 1.33. The van der Waals surface area contributed by atoms with Gasteiger partial charge in [0.15, 0.2) is 0 Å². The molecule has 11 heavy (non-hydrogen) atoms. The van der Waals surface area contributed by atoms with Crippen LogP contribution in [-0.2, 0) is 0 Å². The summed E-state index contributed by atoms with van der Waals surface area (Å²) in [5.74, 6) is 0. The van der Waals surface area contributed by atoms with Crippen LogP contribution in [-0.4, -0.2) is 5.00 Å². The van der Waals surface area contributed by atoms with Gasteiger partial charge in [-0.25, -0.2) is 0 Å². The number of hydrogen-bond acceptors (Lipinski definition) is 1. The van der Waals surface area contributed by atoms with E-state index in [9.17, 15) is 0 Å². The minimum Gasteiger partial charge on any atom is -0.313 e. The average Bonchev–Trinajstić information content (AvgIpc) is 1.97. The van der Waals surface area contributed by atoms with Crippen LogP contribution in [0.5, 0.6) is 0 Å². The first-order valence-corrected chi connectivity index (χ1v) is 4.98. The second-order valence-corrected chi connectivity index (χ2v) is 3.99. The van der Waals surface area contributed by atoms with Gasteiger partial charge in [-0.1, -0.05) is 39.5 Å². The van der Waals surface area contributed by atoms with E-state index in [0.717, 1.165) is 25.7 Å². The lowest BCUT2D eigenvalue weighted by molar-refractivity contribution is 0.469. The first-order valence-electron chi connectivity index (χ1n) is 4.60. The molecule has 0 fully saturated rings. The van der Waals surface area contributed by atoms with E-state index in [4.69, 9.17) is 17.3 Å². The topological polar surface area (TPSA) is 26.0 Å². The van der Waals surface area contributed by atoms with Crippen molar-refractivity contribution in [2.75, 3.05) is 0 Å². The lowest BCUT2D eigenvalue weighted by Crippen LogP contribution is -2.32. The zero-order valence-corrected chi connectivity index (χ0v) is 8.45. The van der Waals surface area contributed by atoms with Crippen molar-refractivity contribution in [2.45, 2.75) is 57.4 Å². The van der Waals surface area contributed by atoms with Crippen molar-refractivity contribution in [1.82, 2.24) is 0 Å². The SMILES string of the molecule is CCCCC(N)(Cl)CCCC. The van der Waals surface area contributed by atoms with Gasteiger partial charge in [0.05, 0.1) is 5.00 Å². The van der Waals surface area contributed by atoms with Crippen LogP contribution in [0, 0.1) is 0 Å². The van der Waals surface area contributed by atoms with E-state index in [-0.39, 0.29) is 0 Å². The number of alkyl halides is 1. The van der Waals surface area contributed by atoms with Crippen LogP contribution >= 0.6 is 11.6 Å². The number of nitrogens with two attached hydrogens (primary N) is 1. The first-order chi connectivity index (χ1) is 5.12. The van der Waals surface area contributed by atoms with Crippen molar-refractivity contribution in [3.63, 3.8) is 0 Å². The molecule has 0 aliphatic carbocycles. The first kappa shape index (κ1) is 11.2. The largest absolute Gasteiger partial charge is 0.313 e. The molecule has 0 atom stereocenters. The van der Waals surface area contributed by atoms with Gasteiger partial charge in [-0.3, -0.25) is 0 Å². The molecule has 0 aromatic heterocycles. The third-order valence-corrected chi connectivity index (χ3v) is 2.27. The van der Waals surface area contributed by atoms with E-state index < -0.39 is 5.00 Å². The predicted molar refractivity (Wildman–Crippen MR) is 51.8 cm³/mol. The second-order valence-electron chi connectivity index (χ2n) is 3.24. The van der Waals surface area contributed by atoms with Crippen molar-refractivity contribution in [1.29, 1.82) is 0 Å². The van der Waals surface area contributed by atoms with Gasteiger partial charge >= 0.3 is 0 Å². The van der Waals surface area contributed by atoms with Crippen molar-refractivity contribution in [3.05, 3.63) is 0 Å². The summed E-state index contributed by atoms with van der Waals surface area (Å²) in [6.45, 7) is 4.32. The van der Waals surface area contributed by atoms with Crippen LogP contribution in [0.3, 0.4) is 0 Å². The zero-order chi connectivity index (χ0) is 8.74. The van der Waals surface area contributed by atoms with E-state index in [1.807, 2.05) is 0 Å². The Morgan fingerprint density at radius 1 is 1.09 bits per heavy atom. The summed E-state index contributed by atoms with van der Waals surface area (Å²) in [5.41, 5.74) is 5.85. The zero-order valence-electron chi connectivity index (χ0n) is 7.70. The van der Waals surface area contributed by atoms with Crippen LogP contribution in [0.1, 0.15) is 52.4 Å². The predicted octanol–water partition coefficient (Wildman–Crippen LogP) is 3.26. The van der Waals surface area contributed by atoms with Gasteiger partial charge in [0.2, 0.25) is 0 Å². The Labute approximate surface area is 75.3 Å². The van der Waals surface area contributed by atoms with Gasteiger partial charge in [0.25, 0.3) is 0 Å². The summed E-state index contributed by atoms with van der Waals surface area (Å²) in [4.78, 5) is -0.425. The van der Waals surface area contributed by atoms with Crippen LogP contribution in [0.2, 0.25) is 0 Å². The second kappa shape index (κ2) is 5.84. The van der Waals surface area contributed by atoms with E-state index in [1.54, 1.807) is 0 Å². The Kier molecular flexibility index (Phi) is 5.98. The molecular weight excluding hydrogens is 158 g/mol. The fraction of sp³-hybridized carbons (Fsp3) is 1.00. The third kappa shape index (κ3) is 6.64. The highest BCUT2D eigenvalue weighted by Crippen LogP contribution is 2.22. The molecule has 0 bridgehead atoms. The monoisotopic (exact) mass is 177 g/mol. The molecule has 0 aliphatic rings. The number of unbranched alkanes of at least 4 members (excludes halogenated alkanes) is 2. The maximum absolute atomic E-state index is 6.07. The van der Waals surface area contributed by atoms with E-state index in [1.165, 1.54) is 12.8 Å². The molecule has 0 aliphatic heterocycles. The summed E-state index contributed by atoms with van der Waals surface area (Å²) in [6.07, 6.45) is 6.54. The van der Waals surface area contributed by atoms with Crippen LogP contribution in [0.15, 0.2) is 0 Å². The molecule has 0 radical (unpaired) electrons. The van der Waals surface area contributed by atoms with Crippen molar-refractivity contribution < 1.29 is 0 Å². The molecule has 0 heterocycles. The summed E-state index contributed by atoms with van der Waals surface area (Å²) < 4.78 is 0. The lowest BCUT2D eigenvalue weighted by atomic mass is 10.0. The summed E-state index contributed by atoms with van der Waals surface area (Å²) >= 11 is 6.07. The van der Waals surface area contributed by atoms with Crippen molar-refractivity contribution >= 4 is 11.6 Å². The molecule has 0 aromatic carbocycles. The minimum absolute atomic E-state index is 0.425. The Bertz CT molecular complexity index is 81.6. The fourth-order valence-electron chi connectivity index (χ4n) is 1.07. The Balaban J connectivity index is 3.43. The molecule has 0 saturated heterocycles. The maximum atomic E-state index is 6.07. The number of hydrogen-bond donors (Lipinski definition) is 1. The Morgan fingerprint density at radius 2 is 1.45 bits per heavy atom. The van der Waals surface area contributed by atoms with Crippen LogP contribution in [0.25, 0.3) is 0 Å². The normalized spacial score (nSPS) is 12.0. The molecule has 2 heteroatoms. The van der Waals surface area contributed by atoms with Gasteiger partial charge in [-0.05, 0) is 12.8 Å². The molecule has 0 amide bonds. The summed E-state index contributed by atoms with van der Waals surface area (Å²) in [7, 11) is 0. The van der Waals surface area contributed by atoms with E-state index >= 15 is 0 Å². The molecule has 2 N–H and O–H groups in total. The smallest absolute Gasteiger partial charge is 0.0910 e. The Hall–Kier alpha value is 0.250. The molecule has 0 aromatic rings. The molecule has 68 valence electrons. The highest BCUT2D eigenvalue weighted by atomic mass is 35.5. The van der Waals surface area contributed by atoms with E-state index in [2.05, 4.69) is 13.8 Å².